The van der Waals surface area contributed by atoms with Crippen LogP contribution in [-0.2, 0) is 13.0 Å². The van der Waals surface area contributed by atoms with Crippen LogP contribution in [0.4, 0.5) is 4.39 Å². The fourth-order valence-electron chi connectivity index (χ4n) is 3.22. The van der Waals surface area contributed by atoms with Crippen LogP contribution >= 0.6 is 0 Å². The highest BCUT2D eigenvalue weighted by Crippen LogP contribution is 2.23. The number of fused-ring (bicyclic) bond motifs is 1. The van der Waals surface area contributed by atoms with Crippen molar-refractivity contribution in [1.82, 2.24) is 24.6 Å². The van der Waals surface area contributed by atoms with Crippen molar-refractivity contribution in [3.63, 3.8) is 0 Å². The molecule has 138 valence electrons. The smallest absolute Gasteiger partial charge is 0.274 e. The van der Waals surface area contributed by atoms with E-state index in [0.29, 0.717) is 49.8 Å². The number of hydrogen-bond donors (Lipinski definition) is 0. The SMILES string of the molecule is CCc1ncnc(O[C@H]2CCN(C(=O)c3cc4n(n3)CCCO4)C2)c1F. The lowest BCUT2D eigenvalue weighted by Crippen LogP contribution is -2.31. The van der Waals surface area contributed by atoms with Gasteiger partial charge in [0, 0.05) is 32.0 Å². The zero-order valence-corrected chi connectivity index (χ0v) is 14.5. The molecule has 26 heavy (non-hydrogen) atoms. The molecule has 1 atom stereocenters. The number of aryl methyl sites for hydroxylation is 2. The molecule has 0 spiro atoms. The van der Waals surface area contributed by atoms with Crippen LogP contribution in [0.25, 0.3) is 0 Å². The first kappa shape index (κ1) is 16.7. The Balaban J connectivity index is 1.42. The van der Waals surface area contributed by atoms with Gasteiger partial charge in [-0.05, 0) is 6.42 Å². The minimum atomic E-state index is -0.529. The molecule has 0 saturated carbocycles. The van der Waals surface area contributed by atoms with Crippen LogP contribution in [0.2, 0.25) is 0 Å². The maximum atomic E-state index is 14.2. The monoisotopic (exact) mass is 361 g/mol. The van der Waals surface area contributed by atoms with Crippen molar-refractivity contribution in [3.05, 3.63) is 29.6 Å². The van der Waals surface area contributed by atoms with Gasteiger partial charge in [0.1, 0.15) is 12.4 Å². The number of ether oxygens (including phenoxy) is 2. The number of carbonyl (C=O) groups is 1. The van der Waals surface area contributed by atoms with Gasteiger partial charge in [-0.15, -0.1) is 0 Å². The highest BCUT2D eigenvalue weighted by molar-refractivity contribution is 5.92. The van der Waals surface area contributed by atoms with Gasteiger partial charge in [0.05, 0.1) is 18.8 Å². The first-order valence-corrected chi connectivity index (χ1v) is 8.81. The van der Waals surface area contributed by atoms with E-state index < -0.39 is 5.82 Å². The topological polar surface area (TPSA) is 82.4 Å². The molecule has 1 fully saturated rings. The number of likely N-dealkylation sites (tertiary alicyclic amines) is 1. The predicted octanol–water partition coefficient (Wildman–Crippen LogP) is 1.45. The standard InChI is InChI=1S/C17H20FN5O3/c1-2-12-15(18)16(20-10-19-12)26-11-4-6-22(9-11)17(24)13-8-14-23(21-13)5-3-7-25-14/h8,10-11H,2-7,9H2,1H3/t11-/m0/s1. The summed E-state index contributed by atoms with van der Waals surface area (Å²) in [5, 5.41) is 4.32. The zero-order valence-electron chi connectivity index (χ0n) is 14.5. The van der Waals surface area contributed by atoms with E-state index in [4.69, 9.17) is 9.47 Å². The lowest BCUT2D eigenvalue weighted by Gasteiger charge is -2.16. The van der Waals surface area contributed by atoms with Crippen LogP contribution in [0.15, 0.2) is 12.4 Å². The molecule has 2 aliphatic rings. The molecule has 8 nitrogen and oxygen atoms in total. The second-order valence-corrected chi connectivity index (χ2v) is 6.37. The molecule has 0 aliphatic carbocycles. The number of halogens is 1. The van der Waals surface area contributed by atoms with Crippen molar-refractivity contribution >= 4 is 5.91 Å². The first-order chi connectivity index (χ1) is 12.7. The van der Waals surface area contributed by atoms with E-state index in [1.165, 1.54) is 6.33 Å². The largest absolute Gasteiger partial charge is 0.478 e. The Kier molecular flexibility index (Phi) is 4.44. The number of rotatable bonds is 4. The molecular weight excluding hydrogens is 341 g/mol. The number of amides is 1. The van der Waals surface area contributed by atoms with Crippen molar-refractivity contribution < 1.29 is 18.7 Å². The van der Waals surface area contributed by atoms with Crippen molar-refractivity contribution in [2.24, 2.45) is 0 Å². The van der Waals surface area contributed by atoms with Crippen LogP contribution in [0, 0.1) is 5.82 Å². The van der Waals surface area contributed by atoms with Gasteiger partial charge in [0.2, 0.25) is 11.7 Å². The molecule has 2 aliphatic heterocycles. The molecule has 1 amide bonds. The molecular formula is C17H20FN5O3. The summed E-state index contributed by atoms with van der Waals surface area (Å²) in [5.41, 5.74) is 0.688. The van der Waals surface area contributed by atoms with E-state index in [9.17, 15) is 9.18 Å². The molecule has 2 aromatic rings. The van der Waals surface area contributed by atoms with Gasteiger partial charge in [0.15, 0.2) is 5.69 Å². The molecule has 0 radical (unpaired) electrons. The predicted molar refractivity (Wildman–Crippen MR) is 88.6 cm³/mol. The Morgan fingerprint density at radius 2 is 2.31 bits per heavy atom. The fraction of sp³-hybridized carbons (Fsp3) is 0.529. The summed E-state index contributed by atoms with van der Waals surface area (Å²) in [5.74, 6) is -0.124. The fourth-order valence-corrected chi connectivity index (χ4v) is 3.22. The minimum Gasteiger partial charge on any atom is -0.478 e. The molecule has 4 heterocycles. The first-order valence-electron chi connectivity index (χ1n) is 8.81. The van der Waals surface area contributed by atoms with Gasteiger partial charge in [-0.3, -0.25) is 4.79 Å². The minimum absolute atomic E-state index is 0.0537. The summed E-state index contributed by atoms with van der Waals surface area (Å²) < 4.78 is 27.1. The van der Waals surface area contributed by atoms with Crippen LogP contribution < -0.4 is 9.47 Å². The quantitative estimate of drug-likeness (QED) is 0.820. The number of carbonyl (C=O) groups excluding carboxylic acids is 1. The van der Waals surface area contributed by atoms with Crippen molar-refractivity contribution in [2.75, 3.05) is 19.7 Å². The lowest BCUT2D eigenvalue weighted by molar-refractivity contribution is 0.0763. The van der Waals surface area contributed by atoms with Gasteiger partial charge in [-0.2, -0.15) is 14.5 Å². The second kappa shape index (κ2) is 6.89. The molecule has 2 aromatic heterocycles. The normalized spacial score (nSPS) is 19.2. The van der Waals surface area contributed by atoms with E-state index >= 15 is 0 Å². The van der Waals surface area contributed by atoms with E-state index in [-0.39, 0.29) is 17.9 Å². The number of aromatic nitrogens is 4. The van der Waals surface area contributed by atoms with Crippen LogP contribution in [0.3, 0.4) is 0 Å². The van der Waals surface area contributed by atoms with Crippen LogP contribution in [0.5, 0.6) is 11.8 Å². The van der Waals surface area contributed by atoms with Gasteiger partial charge in [-0.1, -0.05) is 6.92 Å². The molecule has 9 heteroatoms. The maximum Gasteiger partial charge on any atom is 0.274 e. The van der Waals surface area contributed by atoms with Crippen molar-refractivity contribution in [2.45, 2.75) is 38.8 Å². The Hall–Kier alpha value is -2.71. The average molecular weight is 361 g/mol. The van der Waals surface area contributed by atoms with E-state index in [0.717, 1.165) is 13.0 Å². The summed E-state index contributed by atoms with van der Waals surface area (Å²) in [4.78, 5) is 22.1. The molecule has 4 rings (SSSR count). The molecule has 0 aromatic carbocycles. The van der Waals surface area contributed by atoms with Crippen molar-refractivity contribution in [1.29, 1.82) is 0 Å². The van der Waals surface area contributed by atoms with Crippen LogP contribution in [-0.4, -0.2) is 56.4 Å². The summed E-state index contributed by atoms with van der Waals surface area (Å²) in [6, 6.07) is 1.67. The third-order valence-corrected chi connectivity index (χ3v) is 4.60. The molecule has 0 N–H and O–H groups in total. The van der Waals surface area contributed by atoms with E-state index in [1.54, 1.807) is 15.6 Å². The molecule has 0 bridgehead atoms. The van der Waals surface area contributed by atoms with E-state index in [2.05, 4.69) is 15.1 Å². The lowest BCUT2D eigenvalue weighted by atomic mass is 10.3. The summed E-state index contributed by atoms with van der Waals surface area (Å²) in [7, 11) is 0. The third kappa shape index (κ3) is 3.09. The van der Waals surface area contributed by atoms with Gasteiger partial charge < -0.3 is 14.4 Å². The third-order valence-electron chi connectivity index (χ3n) is 4.60. The Bertz CT molecular complexity index is 801. The van der Waals surface area contributed by atoms with Crippen molar-refractivity contribution in [3.8, 4) is 11.8 Å². The van der Waals surface area contributed by atoms with Gasteiger partial charge >= 0.3 is 0 Å². The molecule has 0 unspecified atom stereocenters. The van der Waals surface area contributed by atoms with Gasteiger partial charge in [-0.25, -0.2) is 9.67 Å². The number of nitrogens with zero attached hydrogens (tertiary/aromatic N) is 5. The average Bonchev–Trinajstić information content (AvgIpc) is 3.29. The summed E-state index contributed by atoms with van der Waals surface area (Å²) >= 11 is 0. The highest BCUT2D eigenvalue weighted by atomic mass is 19.1. The Morgan fingerprint density at radius 1 is 1.42 bits per heavy atom. The maximum absolute atomic E-state index is 14.2. The summed E-state index contributed by atoms with van der Waals surface area (Å²) in [6.07, 6.45) is 2.95. The summed E-state index contributed by atoms with van der Waals surface area (Å²) in [6.45, 7) is 4.11. The zero-order chi connectivity index (χ0) is 18.1. The second-order valence-electron chi connectivity index (χ2n) is 6.37. The van der Waals surface area contributed by atoms with E-state index in [1.807, 2.05) is 6.92 Å². The molecule has 1 saturated heterocycles. The highest BCUT2D eigenvalue weighted by Gasteiger charge is 2.31. The Labute approximate surface area is 149 Å². The van der Waals surface area contributed by atoms with Crippen LogP contribution in [0.1, 0.15) is 35.9 Å². The number of hydrogen-bond acceptors (Lipinski definition) is 6. The Morgan fingerprint density at radius 3 is 3.12 bits per heavy atom. The van der Waals surface area contributed by atoms with Gasteiger partial charge in [0.25, 0.3) is 11.8 Å².